The van der Waals surface area contributed by atoms with Gasteiger partial charge in [-0.1, -0.05) is 17.7 Å². The number of hydrogen-bond donors (Lipinski definition) is 2. The topological polar surface area (TPSA) is 115 Å². The number of anilines is 1. The molecule has 0 aliphatic heterocycles. The summed E-state index contributed by atoms with van der Waals surface area (Å²) in [6, 6.07) is 15.9. The lowest BCUT2D eigenvalue weighted by Gasteiger charge is -2.17. The number of hydrogen-bond acceptors (Lipinski definition) is 6. The normalized spacial score (nSPS) is 12.1. The average Bonchev–Trinajstić information content (AvgIpc) is 3.28. The Morgan fingerprint density at radius 3 is 2.26 bits per heavy atom. The molecule has 0 bridgehead atoms. The minimum Gasteiger partial charge on any atom is -0.497 e. The molecule has 1 atom stereocenters. The van der Waals surface area contributed by atoms with Crippen LogP contribution in [0.4, 0.5) is 5.69 Å². The van der Waals surface area contributed by atoms with Crippen molar-refractivity contribution in [3.8, 4) is 5.75 Å². The van der Waals surface area contributed by atoms with Crippen LogP contribution in [0.25, 0.3) is 0 Å². The Labute approximate surface area is 180 Å². The van der Waals surface area contributed by atoms with Gasteiger partial charge in [-0.3, -0.25) is 9.59 Å². The molecule has 3 rings (SSSR count). The molecule has 0 spiro atoms. The third kappa shape index (κ3) is 5.32. The van der Waals surface area contributed by atoms with Crippen molar-refractivity contribution in [3.63, 3.8) is 0 Å². The van der Waals surface area contributed by atoms with Crippen molar-refractivity contribution in [1.29, 1.82) is 0 Å². The van der Waals surface area contributed by atoms with Gasteiger partial charge in [-0.15, -0.1) is 0 Å². The van der Waals surface area contributed by atoms with Crippen LogP contribution in [-0.2, 0) is 19.4 Å². The van der Waals surface area contributed by atoms with Gasteiger partial charge in [0.05, 0.1) is 18.3 Å². The Kier molecular flexibility index (Phi) is 6.76. The Bertz CT molecular complexity index is 1140. The van der Waals surface area contributed by atoms with Gasteiger partial charge in [0.2, 0.25) is 0 Å². The summed E-state index contributed by atoms with van der Waals surface area (Å²) in [6.07, 6.45) is 1.35. The molecule has 8 nitrogen and oxygen atoms in total. The lowest BCUT2D eigenvalue weighted by Crippen LogP contribution is -2.39. The van der Waals surface area contributed by atoms with Crippen molar-refractivity contribution in [2.24, 2.45) is 0 Å². The number of carbonyl (C=O) groups is 2. The smallest absolute Gasteiger partial charge is 0.313 e. The predicted octanol–water partition coefficient (Wildman–Crippen LogP) is 2.87. The van der Waals surface area contributed by atoms with Crippen LogP contribution in [0.1, 0.15) is 16.6 Å². The van der Waals surface area contributed by atoms with E-state index in [2.05, 4.69) is 10.6 Å². The largest absolute Gasteiger partial charge is 0.497 e. The fourth-order valence-electron chi connectivity index (χ4n) is 2.86. The van der Waals surface area contributed by atoms with Crippen LogP contribution in [0.5, 0.6) is 5.75 Å². The molecule has 0 aliphatic carbocycles. The van der Waals surface area contributed by atoms with Crippen LogP contribution in [0.15, 0.2) is 76.2 Å². The number of ether oxygens (including phenoxy) is 1. The van der Waals surface area contributed by atoms with Crippen molar-refractivity contribution >= 4 is 27.3 Å². The molecule has 2 amide bonds. The Morgan fingerprint density at radius 2 is 1.68 bits per heavy atom. The molecule has 0 radical (unpaired) electrons. The van der Waals surface area contributed by atoms with Gasteiger partial charge in [0.15, 0.2) is 9.84 Å². The summed E-state index contributed by atoms with van der Waals surface area (Å²) in [4.78, 5) is 24.6. The third-order valence-corrected chi connectivity index (χ3v) is 6.66. The first-order valence-electron chi connectivity index (χ1n) is 9.38. The highest BCUT2D eigenvalue weighted by molar-refractivity contribution is 7.91. The second-order valence-electron chi connectivity index (χ2n) is 6.75. The molecule has 0 saturated carbocycles. The molecule has 31 heavy (non-hydrogen) atoms. The number of aryl methyl sites for hydroxylation is 1. The molecular formula is C22H22N2O6S. The van der Waals surface area contributed by atoms with Crippen LogP contribution in [0.2, 0.25) is 0 Å². The Morgan fingerprint density at radius 1 is 1.00 bits per heavy atom. The summed E-state index contributed by atoms with van der Waals surface area (Å²) in [7, 11) is -2.37. The Balaban J connectivity index is 1.72. The minimum atomic E-state index is -3.88. The Hall–Kier alpha value is -3.59. The number of methoxy groups -OCH3 is 1. The number of sulfone groups is 1. The first kappa shape index (κ1) is 22.1. The van der Waals surface area contributed by atoms with Gasteiger partial charge in [0, 0.05) is 12.2 Å². The van der Waals surface area contributed by atoms with E-state index in [0.717, 1.165) is 5.56 Å². The van der Waals surface area contributed by atoms with Gasteiger partial charge in [-0.2, -0.15) is 0 Å². The highest BCUT2D eigenvalue weighted by atomic mass is 32.2. The number of amides is 2. The van der Waals surface area contributed by atoms with Gasteiger partial charge in [-0.05, 0) is 55.5 Å². The van der Waals surface area contributed by atoms with Crippen molar-refractivity contribution < 1.29 is 27.2 Å². The molecular weight excluding hydrogens is 420 g/mol. The lowest BCUT2D eigenvalue weighted by molar-refractivity contribution is -0.136. The summed E-state index contributed by atoms with van der Waals surface area (Å²) in [5, 5.41) is 3.64. The van der Waals surface area contributed by atoms with E-state index in [1.165, 1.54) is 31.6 Å². The van der Waals surface area contributed by atoms with Crippen LogP contribution < -0.4 is 15.4 Å². The lowest BCUT2D eigenvalue weighted by atomic mass is 10.2. The molecule has 0 fully saturated rings. The van der Waals surface area contributed by atoms with E-state index >= 15 is 0 Å². The number of benzene rings is 2. The van der Waals surface area contributed by atoms with Crippen molar-refractivity contribution in [3.05, 3.63) is 78.3 Å². The monoisotopic (exact) mass is 442 g/mol. The maximum absolute atomic E-state index is 13.2. The van der Waals surface area contributed by atoms with Gasteiger partial charge in [-0.25, -0.2) is 8.42 Å². The minimum absolute atomic E-state index is 0.0939. The summed E-state index contributed by atoms with van der Waals surface area (Å²) >= 11 is 0. The predicted molar refractivity (Wildman–Crippen MR) is 114 cm³/mol. The second kappa shape index (κ2) is 9.48. The summed E-state index contributed by atoms with van der Waals surface area (Å²) in [5.74, 6) is -1.12. The highest BCUT2D eigenvalue weighted by Crippen LogP contribution is 2.29. The number of furan rings is 1. The molecule has 0 saturated heterocycles. The maximum Gasteiger partial charge on any atom is 0.313 e. The van der Waals surface area contributed by atoms with E-state index in [9.17, 15) is 18.0 Å². The van der Waals surface area contributed by atoms with E-state index < -0.39 is 26.9 Å². The molecule has 162 valence electrons. The van der Waals surface area contributed by atoms with E-state index in [-0.39, 0.29) is 17.2 Å². The molecule has 0 aliphatic rings. The standard InChI is InChI=1S/C22H22N2O6S/c1-15-5-11-18(12-6-15)31(27,28)20(19-4-3-13-30-19)14-23-21(25)22(26)24-16-7-9-17(29-2)10-8-16/h3-13,20H,14H2,1-2H3,(H,23,25)(H,24,26)/t20-/m1/s1. The molecule has 9 heteroatoms. The van der Waals surface area contributed by atoms with E-state index in [1.54, 1.807) is 42.5 Å². The average molecular weight is 442 g/mol. The number of rotatable bonds is 7. The van der Waals surface area contributed by atoms with Crippen molar-refractivity contribution in [2.75, 3.05) is 19.0 Å². The van der Waals surface area contributed by atoms with Crippen molar-refractivity contribution in [2.45, 2.75) is 17.1 Å². The zero-order valence-electron chi connectivity index (χ0n) is 17.0. The number of carbonyl (C=O) groups excluding carboxylic acids is 2. The van der Waals surface area contributed by atoms with E-state index in [0.29, 0.717) is 11.4 Å². The van der Waals surface area contributed by atoms with Gasteiger partial charge < -0.3 is 19.8 Å². The first-order chi connectivity index (χ1) is 14.8. The molecule has 3 aromatic rings. The van der Waals surface area contributed by atoms with Gasteiger partial charge in [0.1, 0.15) is 16.8 Å². The molecule has 2 N–H and O–H groups in total. The fourth-order valence-corrected chi connectivity index (χ4v) is 4.44. The zero-order chi connectivity index (χ0) is 22.4. The van der Waals surface area contributed by atoms with Crippen LogP contribution >= 0.6 is 0 Å². The summed E-state index contributed by atoms with van der Waals surface area (Å²) in [6.45, 7) is 1.51. The van der Waals surface area contributed by atoms with Crippen molar-refractivity contribution in [1.82, 2.24) is 5.32 Å². The van der Waals surface area contributed by atoms with E-state index in [4.69, 9.17) is 9.15 Å². The molecule has 2 aromatic carbocycles. The quantitative estimate of drug-likeness (QED) is 0.544. The first-order valence-corrected chi connectivity index (χ1v) is 10.9. The fraction of sp³-hybridized carbons (Fsp3) is 0.182. The SMILES string of the molecule is COc1ccc(NC(=O)C(=O)NC[C@H](c2ccco2)S(=O)(=O)c2ccc(C)cc2)cc1. The summed E-state index contributed by atoms with van der Waals surface area (Å²) < 4.78 is 36.6. The summed E-state index contributed by atoms with van der Waals surface area (Å²) in [5.41, 5.74) is 1.31. The van der Waals surface area contributed by atoms with Gasteiger partial charge >= 0.3 is 11.8 Å². The number of nitrogens with one attached hydrogen (secondary N) is 2. The molecule has 1 heterocycles. The van der Waals surface area contributed by atoms with E-state index in [1.807, 2.05) is 6.92 Å². The third-order valence-electron chi connectivity index (χ3n) is 4.59. The van der Waals surface area contributed by atoms with Crippen LogP contribution in [-0.4, -0.2) is 33.9 Å². The second-order valence-corrected chi connectivity index (χ2v) is 8.89. The zero-order valence-corrected chi connectivity index (χ0v) is 17.8. The maximum atomic E-state index is 13.2. The highest BCUT2D eigenvalue weighted by Gasteiger charge is 2.32. The molecule has 0 unspecified atom stereocenters. The van der Waals surface area contributed by atoms with Crippen LogP contribution in [0.3, 0.4) is 0 Å². The molecule has 1 aromatic heterocycles. The van der Waals surface area contributed by atoms with Gasteiger partial charge in [0.25, 0.3) is 0 Å². The van der Waals surface area contributed by atoms with Crippen LogP contribution in [0, 0.1) is 6.92 Å².